The first-order valence-corrected chi connectivity index (χ1v) is 13.3. The van der Waals surface area contributed by atoms with Gasteiger partial charge in [-0.1, -0.05) is 29.8 Å². The van der Waals surface area contributed by atoms with Gasteiger partial charge in [0.25, 0.3) is 10.0 Å². The van der Waals surface area contributed by atoms with Gasteiger partial charge >= 0.3 is 12.2 Å². The van der Waals surface area contributed by atoms with Crippen LogP contribution in [0.5, 0.6) is 0 Å². The zero-order chi connectivity index (χ0) is 28.9. The van der Waals surface area contributed by atoms with E-state index in [4.69, 9.17) is 9.47 Å². The summed E-state index contributed by atoms with van der Waals surface area (Å²) in [7, 11) is -4.37. The Labute approximate surface area is 223 Å². The number of rotatable bonds is 8. The molecule has 0 radical (unpaired) electrons. The second kappa shape index (κ2) is 11.8. The fraction of sp³-hybridized carbons (Fsp3) is 0.407. The Hall–Kier alpha value is -3.73. The maximum absolute atomic E-state index is 13.4. The van der Waals surface area contributed by atoms with Crippen LogP contribution in [0.1, 0.15) is 63.9 Å². The molecule has 0 unspecified atom stereocenters. The minimum atomic E-state index is -4.37. The summed E-state index contributed by atoms with van der Waals surface area (Å²) in [6.45, 7) is 10.9. The summed E-state index contributed by atoms with van der Waals surface area (Å²) in [5.74, 6) is -0.608. The van der Waals surface area contributed by atoms with Crippen LogP contribution >= 0.6 is 0 Å². The summed E-state index contributed by atoms with van der Waals surface area (Å²) >= 11 is 0. The molecule has 0 fully saturated rings. The lowest BCUT2D eigenvalue weighted by atomic mass is 10.1. The molecule has 10 nitrogen and oxygen atoms in total. The number of nitrogens with zero attached hydrogens (tertiary/aromatic N) is 2. The average molecular weight is 547 g/mol. The molecule has 2 aromatic rings. The predicted molar refractivity (Wildman–Crippen MR) is 141 cm³/mol. The van der Waals surface area contributed by atoms with Gasteiger partial charge in [-0.3, -0.25) is 9.59 Å². The molecule has 0 N–H and O–H groups in total. The fourth-order valence-corrected chi connectivity index (χ4v) is 4.53. The highest BCUT2D eigenvalue weighted by Crippen LogP contribution is 2.25. The Bertz CT molecular complexity index is 1290. The van der Waals surface area contributed by atoms with E-state index in [9.17, 15) is 27.6 Å². The first-order valence-electron chi connectivity index (χ1n) is 11.9. The average Bonchev–Trinajstić information content (AvgIpc) is 2.77. The van der Waals surface area contributed by atoms with E-state index in [0.29, 0.717) is 9.21 Å². The summed E-state index contributed by atoms with van der Waals surface area (Å²) in [6, 6.07) is 11.7. The van der Waals surface area contributed by atoms with Gasteiger partial charge in [0.1, 0.15) is 11.2 Å². The van der Waals surface area contributed by atoms with Gasteiger partial charge in [0.05, 0.1) is 10.6 Å². The summed E-state index contributed by atoms with van der Waals surface area (Å²) in [5.41, 5.74) is -1.12. The van der Waals surface area contributed by atoms with E-state index in [1.54, 1.807) is 60.6 Å². The molecule has 0 bridgehead atoms. The molecule has 0 aliphatic heterocycles. The number of hydrogen-bond acceptors (Lipinski definition) is 8. The number of aryl methyl sites for hydroxylation is 1. The molecule has 0 saturated carbocycles. The molecule has 0 aromatic heterocycles. The van der Waals surface area contributed by atoms with Gasteiger partial charge in [-0.25, -0.2) is 22.9 Å². The highest BCUT2D eigenvalue weighted by atomic mass is 32.2. The normalized spacial score (nSPS) is 11.9. The van der Waals surface area contributed by atoms with Crippen molar-refractivity contribution in [1.29, 1.82) is 0 Å². The SMILES string of the molecule is Cc1ccc(S(=O)(=O)N(CCC(=O)c2ccccc2N(C=O)C(=O)OC(C)(C)C)C(=O)OC(C)(C)C)cc1. The summed E-state index contributed by atoms with van der Waals surface area (Å²) in [6.07, 6.45) is -2.33. The van der Waals surface area contributed by atoms with E-state index in [1.807, 2.05) is 0 Å². The zero-order valence-electron chi connectivity index (χ0n) is 22.7. The molecule has 0 saturated heterocycles. The van der Waals surface area contributed by atoms with Crippen LogP contribution < -0.4 is 4.90 Å². The number of carbonyl (C=O) groups is 4. The van der Waals surface area contributed by atoms with Gasteiger partial charge in [-0.2, -0.15) is 4.31 Å². The second-order valence-electron chi connectivity index (χ2n) is 10.5. The third-order valence-electron chi connectivity index (χ3n) is 4.91. The van der Waals surface area contributed by atoms with Crippen LogP contribution in [0.2, 0.25) is 0 Å². The number of anilines is 1. The van der Waals surface area contributed by atoms with E-state index in [-0.39, 0.29) is 22.6 Å². The number of Topliss-reactive ketones (excluding diaryl/α,β-unsaturated/α-hetero) is 1. The highest BCUT2D eigenvalue weighted by Gasteiger charge is 2.34. The van der Waals surface area contributed by atoms with Gasteiger partial charge in [-0.05, 0) is 72.7 Å². The Morgan fingerprint density at radius 2 is 1.37 bits per heavy atom. The highest BCUT2D eigenvalue weighted by molar-refractivity contribution is 7.89. The quantitative estimate of drug-likeness (QED) is 0.331. The van der Waals surface area contributed by atoms with Crippen LogP contribution in [-0.4, -0.2) is 54.8 Å². The molecule has 0 heterocycles. The third-order valence-corrected chi connectivity index (χ3v) is 6.69. The lowest BCUT2D eigenvalue weighted by Gasteiger charge is -2.27. The molecule has 206 valence electrons. The predicted octanol–water partition coefficient (Wildman–Crippen LogP) is 5.09. The van der Waals surface area contributed by atoms with Crippen molar-refractivity contribution < 1.29 is 37.1 Å². The number of ether oxygens (including phenoxy) is 2. The van der Waals surface area contributed by atoms with Crippen molar-refractivity contribution in [3.63, 3.8) is 0 Å². The molecule has 2 aromatic carbocycles. The van der Waals surface area contributed by atoms with Crippen molar-refractivity contribution in [2.75, 3.05) is 11.4 Å². The van der Waals surface area contributed by atoms with E-state index < -0.39 is 52.2 Å². The lowest BCUT2D eigenvalue weighted by Crippen LogP contribution is -2.42. The van der Waals surface area contributed by atoms with Gasteiger partial charge in [0.2, 0.25) is 6.41 Å². The second-order valence-corrected chi connectivity index (χ2v) is 12.4. The lowest BCUT2D eigenvalue weighted by molar-refractivity contribution is -0.107. The Kier molecular flexibility index (Phi) is 9.44. The van der Waals surface area contributed by atoms with Crippen LogP contribution in [0.3, 0.4) is 0 Å². The van der Waals surface area contributed by atoms with E-state index in [1.165, 1.54) is 36.4 Å². The summed E-state index contributed by atoms with van der Waals surface area (Å²) in [5, 5.41) is 0. The van der Waals surface area contributed by atoms with Crippen molar-refractivity contribution in [1.82, 2.24) is 4.31 Å². The maximum Gasteiger partial charge on any atom is 0.424 e. The smallest absolute Gasteiger partial charge is 0.424 e. The fourth-order valence-electron chi connectivity index (χ4n) is 3.23. The molecule has 2 rings (SSSR count). The number of para-hydroxylation sites is 1. The molecule has 0 aliphatic carbocycles. The molecule has 0 aliphatic rings. The van der Waals surface area contributed by atoms with Crippen molar-refractivity contribution in [2.24, 2.45) is 0 Å². The number of imide groups is 1. The molecule has 3 amide bonds. The molecular formula is C27H34N2O8S. The van der Waals surface area contributed by atoms with Crippen molar-refractivity contribution >= 4 is 40.1 Å². The molecule has 0 atom stereocenters. The molecule has 38 heavy (non-hydrogen) atoms. The van der Waals surface area contributed by atoms with Gasteiger partial charge in [0, 0.05) is 18.5 Å². The van der Waals surface area contributed by atoms with Crippen molar-refractivity contribution in [2.45, 2.75) is 71.0 Å². The topological polar surface area (TPSA) is 127 Å². The van der Waals surface area contributed by atoms with E-state index in [0.717, 1.165) is 5.56 Å². The standard InChI is InChI=1S/C27H34N2O8S/c1-19-12-14-20(15-13-19)38(34,35)29(25(33)37-27(5,6)7)17-16-23(31)21-10-8-9-11-22(21)28(18-30)24(32)36-26(2,3)4/h8-15,18H,16-17H2,1-7H3. The van der Waals surface area contributed by atoms with E-state index >= 15 is 0 Å². The Balaban J connectivity index is 2.40. The molecule has 0 spiro atoms. The summed E-state index contributed by atoms with van der Waals surface area (Å²) in [4.78, 5) is 51.1. The van der Waals surface area contributed by atoms with Crippen LogP contribution in [0.25, 0.3) is 0 Å². The summed E-state index contributed by atoms with van der Waals surface area (Å²) < 4.78 is 37.8. The monoisotopic (exact) mass is 546 g/mol. The minimum Gasteiger partial charge on any atom is -0.443 e. The third kappa shape index (κ3) is 8.14. The first kappa shape index (κ1) is 30.5. The number of hydrogen-bond donors (Lipinski definition) is 0. The number of benzene rings is 2. The molecule has 11 heteroatoms. The van der Waals surface area contributed by atoms with Crippen LogP contribution in [0.4, 0.5) is 15.3 Å². The number of sulfonamides is 1. The van der Waals surface area contributed by atoms with Crippen LogP contribution in [0, 0.1) is 6.92 Å². The number of ketones is 1. The van der Waals surface area contributed by atoms with Crippen LogP contribution in [-0.2, 0) is 24.3 Å². The van der Waals surface area contributed by atoms with Crippen LogP contribution in [0.15, 0.2) is 53.4 Å². The Morgan fingerprint density at radius 3 is 1.89 bits per heavy atom. The van der Waals surface area contributed by atoms with Gasteiger partial charge < -0.3 is 9.47 Å². The maximum atomic E-state index is 13.4. The largest absolute Gasteiger partial charge is 0.443 e. The first-order chi connectivity index (χ1) is 17.5. The minimum absolute atomic E-state index is 0.0256. The van der Waals surface area contributed by atoms with Gasteiger partial charge in [-0.15, -0.1) is 0 Å². The van der Waals surface area contributed by atoms with E-state index in [2.05, 4.69) is 0 Å². The Morgan fingerprint density at radius 1 is 0.842 bits per heavy atom. The molecular weight excluding hydrogens is 512 g/mol. The van der Waals surface area contributed by atoms with Crippen molar-refractivity contribution in [3.05, 3.63) is 59.7 Å². The number of amides is 3. The number of carbonyl (C=O) groups excluding carboxylic acids is 4. The zero-order valence-corrected chi connectivity index (χ0v) is 23.5. The van der Waals surface area contributed by atoms with Gasteiger partial charge in [0.15, 0.2) is 5.78 Å². The van der Waals surface area contributed by atoms with Crippen molar-refractivity contribution in [3.8, 4) is 0 Å².